The van der Waals surface area contributed by atoms with Crippen LogP contribution in [-0.4, -0.2) is 14.6 Å². The van der Waals surface area contributed by atoms with Crippen molar-refractivity contribution in [1.82, 2.24) is 14.6 Å². The average molecular weight is 247 g/mol. The summed E-state index contributed by atoms with van der Waals surface area (Å²) in [6, 6.07) is 2.20. The fourth-order valence-electron chi connectivity index (χ4n) is 2.93. The highest BCUT2D eigenvalue weighted by molar-refractivity contribution is 7.71. The molecule has 0 spiro atoms. The summed E-state index contributed by atoms with van der Waals surface area (Å²) in [5.74, 6) is 1.54. The summed E-state index contributed by atoms with van der Waals surface area (Å²) >= 11 is 5.24. The molecule has 1 fully saturated rings. The molecule has 4 heteroatoms. The van der Waals surface area contributed by atoms with Gasteiger partial charge in [-0.1, -0.05) is 32.0 Å². The summed E-state index contributed by atoms with van der Waals surface area (Å²) in [6.07, 6.45) is 9.17. The van der Waals surface area contributed by atoms with Crippen LogP contribution in [0.15, 0.2) is 18.6 Å². The Hall–Kier alpha value is -1.16. The van der Waals surface area contributed by atoms with Crippen LogP contribution in [0.2, 0.25) is 0 Å². The van der Waals surface area contributed by atoms with Crippen LogP contribution in [0.3, 0.4) is 0 Å². The van der Waals surface area contributed by atoms with Crippen LogP contribution in [0.5, 0.6) is 0 Å². The highest BCUT2D eigenvalue weighted by Crippen LogP contribution is 2.36. The maximum Gasteiger partial charge on any atom is 0.153 e. The third-order valence-corrected chi connectivity index (χ3v) is 4.16. The summed E-state index contributed by atoms with van der Waals surface area (Å²) in [5.41, 5.74) is 2.43. The molecule has 1 N–H and O–H groups in total. The highest BCUT2D eigenvalue weighted by atomic mass is 32.1. The van der Waals surface area contributed by atoms with Crippen LogP contribution in [0.1, 0.15) is 44.1 Å². The second-order valence-corrected chi connectivity index (χ2v) is 5.58. The molecule has 0 aliphatic heterocycles. The number of rotatable bonds is 1. The Morgan fingerprint density at radius 3 is 3.12 bits per heavy atom. The van der Waals surface area contributed by atoms with Crippen LogP contribution in [0.4, 0.5) is 0 Å². The van der Waals surface area contributed by atoms with Crippen molar-refractivity contribution in [3.05, 3.63) is 28.8 Å². The molecular weight excluding hydrogens is 230 g/mol. The molecule has 2 aromatic heterocycles. The van der Waals surface area contributed by atoms with Crippen LogP contribution in [0, 0.1) is 10.6 Å². The quantitative estimate of drug-likeness (QED) is 0.780. The molecule has 0 radical (unpaired) electrons. The fraction of sp³-hybridized carbons (Fsp3) is 0.538. The number of nitrogens with one attached hydrogen (secondary N) is 1. The molecule has 2 heterocycles. The maximum atomic E-state index is 5.24. The SMILES string of the molecule is CC1CCCC(c2cc3c(=S)nc[nH]n3c2)C1. The molecule has 1 aliphatic carbocycles. The molecule has 3 nitrogen and oxygen atoms in total. The predicted octanol–water partition coefficient (Wildman–Crippen LogP) is 3.69. The van der Waals surface area contributed by atoms with Crippen molar-refractivity contribution in [2.24, 2.45) is 5.92 Å². The topological polar surface area (TPSA) is 33.1 Å². The number of H-pyrrole nitrogens is 1. The minimum absolute atomic E-state index is 0.679. The lowest BCUT2D eigenvalue weighted by Crippen LogP contribution is -2.10. The molecule has 90 valence electrons. The van der Waals surface area contributed by atoms with Gasteiger partial charge in [0.1, 0.15) is 6.33 Å². The Morgan fingerprint density at radius 1 is 1.47 bits per heavy atom. The Balaban J connectivity index is 2.00. The Bertz CT molecular complexity index is 584. The van der Waals surface area contributed by atoms with Crippen molar-refractivity contribution in [3.8, 4) is 0 Å². The van der Waals surface area contributed by atoms with Gasteiger partial charge in [0.2, 0.25) is 0 Å². The van der Waals surface area contributed by atoms with E-state index in [1.807, 2.05) is 4.52 Å². The van der Waals surface area contributed by atoms with E-state index in [-0.39, 0.29) is 0 Å². The number of fused-ring (bicyclic) bond motifs is 1. The third kappa shape index (κ3) is 2.02. The van der Waals surface area contributed by atoms with E-state index in [0.29, 0.717) is 10.6 Å². The third-order valence-electron chi connectivity index (χ3n) is 3.85. The molecule has 0 saturated heterocycles. The largest absolute Gasteiger partial charge is 0.284 e. The second kappa shape index (κ2) is 4.26. The fourth-order valence-corrected chi connectivity index (χ4v) is 3.14. The molecule has 2 atom stereocenters. The van der Waals surface area contributed by atoms with Gasteiger partial charge >= 0.3 is 0 Å². The minimum Gasteiger partial charge on any atom is -0.284 e. The van der Waals surface area contributed by atoms with Gasteiger partial charge in [0.05, 0.1) is 5.52 Å². The minimum atomic E-state index is 0.679. The van der Waals surface area contributed by atoms with E-state index in [2.05, 4.69) is 29.3 Å². The van der Waals surface area contributed by atoms with Gasteiger partial charge in [0.25, 0.3) is 0 Å². The van der Waals surface area contributed by atoms with Crippen LogP contribution in [0.25, 0.3) is 5.52 Å². The first-order chi connectivity index (χ1) is 8.24. The lowest BCUT2D eigenvalue weighted by molar-refractivity contribution is 0.344. The zero-order chi connectivity index (χ0) is 11.8. The van der Waals surface area contributed by atoms with Gasteiger partial charge in [-0.3, -0.25) is 9.61 Å². The van der Waals surface area contributed by atoms with Crippen LogP contribution in [-0.2, 0) is 0 Å². The molecule has 1 saturated carbocycles. The van der Waals surface area contributed by atoms with Crippen molar-refractivity contribution in [1.29, 1.82) is 0 Å². The zero-order valence-electron chi connectivity index (χ0n) is 10.0. The summed E-state index contributed by atoms with van der Waals surface area (Å²) in [6.45, 7) is 2.36. The maximum absolute atomic E-state index is 5.24. The monoisotopic (exact) mass is 247 g/mol. The molecule has 0 aromatic carbocycles. The first-order valence-corrected chi connectivity index (χ1v) is 6.70. The summed E-state index contributed by atoms with van der Waals surface area (Å²) < 4.78 is 2.67. The van der Waals surface area contributed by atoms with Gasteiger partial charge in [-0.2, -0.15) is 0 Å². The Kier molecular flexibility index (Phi) is 2.74. The predicted molar refractivity (Wildman–Crippen MR) is 70.7 cm³/mol. The molecule has 0 amide bonds. The lowest BCUT2D eigenvalue weighted by Gasteiger charge is -2.25. The van der Waals surface area contributed by atoms with E-state index in [0.717, 1.165) is 11.4 Å². The molecule has 17 heavy (non-hydrogen) atoms. The number of nitrogens with zero attached hydrogens (tertiary/aromatic N) is 2. The standard InChI is InChI=1S/C13H17N3S/c1-9-3-2-4-10(5-9)11-6-12-13(17)14-8-15-16(12)7-11/h6-10H,2-5H2,1H3,(H,14,15,17). The summed E-state index contributed by atoms with van der Waals surface area (Å²) in [5, 5.41) is 3.10. The van der Waals surface area contributed by atoms with E-state index >= 15 is 0 Å². The smallest absolute Gasteiger partial charge is 0.153 e. The zero-order valence-corrected chi connectivity index (χ0v) is 10.8. The van der Waals surface area contributed by atoms with Crippen molar-refractivity contribution < 1.29 is 0 Å². The summed E-state index contributed by atoms with van der Waals surface area (Å²) in [7, 11) is 0. The molecule has 0 bridgehead atoms. The number of aromatic amines is 1. The van der Waals surface area contributed by atoms with Crippen LogP contribution >= 0.6 is 12.2 Å². The average Bonchev–Trinajstić information content (AvgIpc) is 2.74. The van der Waals surface area contributed by atoms with Crippen molar-refractivity contribution in [2.75, 3.05) is 0 Å². The number of hydrogen-bond donors (Lipinski definition) is 1. The Labute approximate surface area is 106 Å². The lowest BCUT2D eigenvalue weighted by atomic mass is 9.79. The van der Waals surface area contributed by atoms with E-state index in [1.54, 1.807) is 6.33 Å². The first-order valence-electron chi connectivity index (χ1n) is 6.30. The van der Waals surface area contributed by atoms with Gasteiger partial charge in [-0.25, -0.2) is 4.98 Å². The molecular formula is C13H17N3S. The molecule has 2 aromatic rings. The highest BCUT2D eigenvalue weighted by Gasteiger charge is 2.21. The van der Waals surface area contributed by atoms with Gasteiger partial charge in [0, 0.05) is 6.20 Å². The normalized spacial score (nSPS) is 25.2. The van der Waals surface area contributed by atoms with E-state index in [4.69, 9.17) is 12.2 Å². The van der Waals surface area contributed by atoms with Gasteiger partial charge in [-0.15, -0.1) is 0 Å². The van der Waals surface area contributed by atoms with E-state index in [9.17, 15) is 0 Å². The van der Waals surface area contributed by atoms with Gasteiger partial charge < -0.3 is 0 Å². The van der Waals surface area contributed by atoms with E-state index in [1.165, 1.54) is 31.2 Å². The first kappa shape index (κ1) is 11.0. The van der Waals surface area contributed by atoms with Gasteiger partial charge in [0.15, 0.2) is 4.64 Å². The van der Waals surface area contributed by atoms with Crippen LogP contribution < -0.4 is 0 Å². The molecule has 3 rings (SSSR count). The number of aromatic nitrogens is 3. The number of hydrogen-bond acceptors (Lipinski definition) is 2. The molecule has 1 aliphatic rings. The Morgan fingerprint density at radius 2 is 2.35 bits per heavy atom. The summed E-state index contributed by atoms with van der Waals surface area (Å²) in [4.78, 5) is 4.12. The second-order valence-electron chi connectivity index (χ2n) is 5.19. The van der Waals surface area contributed by atoms with Crippen molar-refractivity contribution in [3.63, 3.8) is 0 Å². The van der Waals surface area contributed by atoms with E-state index < -0.39 is 0 Å². The van der Waals surface area contributed by atoms with Crippen molar-refractivity contribution >= 4 is 17.7 Å². The van der Waals surface area contributed by atoms with Crippen molar-refractivity contribution in [2.45, 2.75) is 38.5 Å². The molecule has 2 unspecified atom stereocenters. The van der Waals surface area contributed by atoms with Gasteiger partial charge in [-0.05, 0) is 36.3 Å².